The van der Waals surface area contributed by atoms with Gasteiger partial charge in [-0.05, 0) is 29.8 Å². The van der Waals surface area contributed by atoms with Gasteiger partial charge in [-0.3, -0.25) is 14.8 Å². The zero-order valence-electron chi connectivity index (χ0n) is 14.4. The van der Waals surface area contributed by atoms with Gasteiger partial charge in [0.25, 0.3) is 5.91 Å². The number of hydrogen-bond acceptors (Lipinski definition) is 5. The molecule has 0 spiro atoms. The van der Waals surface area contributed by atoms with Gasteiger partial charge in [-0.15, -0.1) is 0 Å². The molecule has 0 aliphatic carbocycles. The molecule has 2 aromatic carbocycles. The van der Waals surface area contributed by atoms with E-state index in [1.807, 2.05) is 18.2 Å². The Kier molecular flexibility index (Phi) is 4.90. The lowest BCUT2D eigenvalue weighted by Crippen LogP contribution is -2.27. The summed E-state index contributed by atoms with van der Waals surface area (Å²) in [7, 11) is 3.12. The second-order valence-corrected chi connectivity index (χ2v) is 5.65. The summed E-state index contributed by atoms with van der Waals surface area (Å²) >= 11 is 0. The number of nitrogens with one attached hydrogen (secondary N) is 1. The molecule has 1 heterocycles. The van der Waals surface area contributed by atoms with E-state index in [0.717, 1.165) is 5.56 Å². The molecule has 3 rings (SSSR count). The maximum atomic E-state index is 12.5. The Morgan fingerprint density at radius 1 is 1.12 bits per heavy atom. The van der Waals surface area contributed by atoms with Gasteiger partial charge in [0.2, 0.25) is 5.43 Å². The van der Waals surface area contributed by atoms with E-state index in [2.05, 4.69) is 0 Å². The molecule has 0 fully saturated rings. The monoisotopic (exact) mass is 354 g/mol. The average molecular weight is 354 g/mol. The molecule has 2 N–H and O–H groups in total. The maximum Gasteiger partial charge on any atom is 0.280 e. The minimum atomic E-state index is -0.846. The van der Waals surface area contributed by atoms with Gasteiger partial charge in [-0.2, -0.15) is 0 Å². The number of para-hydroxylation sites is 1. The van der Waals surface area contributed by atoms with E-state index in [-0.39, 0.29) is 5.56 Å². The van der Waals surface area contributed by atoms with Crippen LogP contribution in [0.1, 0.15) is 15.9 Å². The van der Waals surface area contributed by atoms with Crippen LogP contribution < -0.4 is 20.4 Å². The average Bonchev–Trinajstić information content (AvgIpc) is 2.69. The van der Waals surface area contributed by atoms with Gasteiger partial charge in [-0.1, -0.05) is 18.2 Å². The normalized spacial score (nSPS) is 10.6. The number of carbonyl (C=O) groups is 1. The predicted octanol–water partition coefficient (Wildman–Crippen LogP) is 2.19. The number of methoxy groups -OCH3 is 2. The number of fused-ring (bicyclic) bond motifs is 1. The minimum absolute atomic E-state index is 0.133. The molecule has 7 heteroatoms. The summed E-state index contributed by atoms with van der Waals surface area (Å²) in [4.78, 5) is 24.4. The van der Waals surface area contributed by atoms with Crippen LogP contribution in [-0.4, -0.2) is 29.9 Å². The molecule has 26 heavy (non-hydrogen) atoms. The van der Waals surface area contributed by atoms with Crippen LogP contribution in [-0.2, 0) is 6.54 Å². The SMILES string of the molecule is COc1ccc(Cn2cc(C(=O)NO)c(=O)c3ccccc32)cc1OC. The molecule has 0 atom stereocenters. The number of hydroxylamine groups is 1. The van der Waals surface area contributed by atoms with Gasteiger partial charge in [0.15, 0.2) is 11.5 Å². The Bertz CT molecular complexity index is 1030. The standard InChI is InChI=1S/C19H18N2O5/c1-25-16-8-7-12(9-17(16)26-2)10-21-11-14(19(23)20-24)18(22)13-5-3-4-6-15(13)21/h3-9,11,24H,10H2,1-2H3,(H,20,23). The fourth-order valence-corrected chi connectivity index (χ4v) is 2.87. The van der Waals surface area contributed by atoms with E-state index in [0.29, 0.717) is 28.9 Å². The van der Waals surface area contributed by atoms with Crippen molar-refractivity contribution in [3.8, 4) is 11.5 Å². The lowest BCUT2D eigenvalue weighted by Gasteiger charge is -2.14. The number of carbonyl (C=O) groups excluding carboxylic acids is 1. The van der Waals surface area contributed by atoms with Crippen LogP contribution in [0.25, 0.3) is 10.9 Å². The van der Waals surface area contributed by atoms with Crippen LogP contribution >= 0.6 is 0 Å². The Morgan fingerprint density at radius 2 is 1.85 bits per heavy atom. The summed E-state index contributed by atoms with van der Waals surface area (Å²) in [5.41, 5.74) is 2.53. The van der Waals surface area contributed by atoms with Crippen molar-refractivity contribution >= 4 is 16.8 Å². The van der Waals surface area contributed by atoms with Gasteiger partial charge in [0.1, 0.15) is 5.56 Å². The van der Waals surface area contributed by atoms with Crippen molar-refractivity contribution in [2.75, 3.05) is 14.2 Å². The first-order valence-electron chi connectivity index (χ1n) is 7.86. The van der Waals surface area contributed by atoms with E-state index >= 15 is 0 Å². The highest BCUT2D eigenvalue weighted by Crippen LogP contribution is 2.28. The molecule has 0 unspecified atom stereocenters. The van der Waals surface area contributed by atoms with Crippen molar-refractivity contribution in [3.05, 3.63) is 70.0 Å². The third-order valence-electron chi connectivity index (χ3n) is 4.13. The first-order chi connectivity index (χ1) is 12.6. The number of rotatable bonds is 5. The molecule has 134 valence electrons. The Hall–Kier alpha value is -3.32. The van der Waals surface area contributed by atoms with Crippen LogP contribution in [0.5, 0.6) is 11.5 Å². The molecule has 0 bridgehead atoms. The van der Waals surface area contributed by atoms with Gasteiger partial charge in [0, 0.05) is 18.1 Å². The summed E-state index contributed by atoms with van der Waals surface area (Å²) < 4.78 is 12.3. The van der Waals surface area contributed by atoms with Crippen LogP contribution in [0.4, 0.5) is 0 Å². The number of hydrogen-bond donors (Lipinski definition) is 2. The number of ether oxygens (including phenoxy) is 2. The molecule has 0 saturated carbocycles. The molecule has 1 amide bonds. The van der Waals surface area contributed by atoms with Crippen molar-refractivity contribution in [2.24, 2.45) is 0 Å². The van der Waals surface area contributed by atoms with Gasteiger partial charge >= 0.3 is 0 Å². The first kappa shape index (κ1) is 17.5. The molecule has 3 aromatic rings. The third kappa shape index (κ3) is 3.12. The largest absolute Gasteiger partial charge is 0.493 e. The highest BCUT2D eigenvalue weighted by atomic mass is 16.5. The minimum Gasteiger partial charge on any atom is -0.493 e. The van der Waals surface area contributed by atoms with Crippen LogP contribution in [0.2, 0.25) is 0 Å². The zero-order valence-corrected chi connectivity index (χ0v) is 14.4. The molecule has 0 saturated heterocycles. The fourth-order valence-electron chi connectivity index (χ4n) is 2.87. The summed E-state index contributed by atoms with van der Waals surface area (Å²) in [6.45, 7) is 0.396. The zero-order chi connectivity index (χ0) is 18.7. The number of benzene rings is 2. The number of aromatic nitrogens is 1. The lowest BCUT2D eigenvalue weighted by atomic mass is 10.1. The fraction of sp³-hybridized carbons (Fsp3) is 0.158. The summed E-state index contributed by atoms with van der Waals surface area (Å²) in [5.74, 6) is 0.354. The molecule has 1 aromatic heterocycles. The number of nitrogens with zero attached hydrogens (tertiary/aromatic N) is 1. The lowest BCUT2D eigenvalue weighted by molar-refractivity contribution is 0.0704. The number of amides is 1. The summed E-state index contributed by atoms with van der Waals surface area (Å²) in [6.07, 6.45) is 1.44. The third-order valence-corrected chi connectivity index (χ3v) is 4.13. The van der Waals surface area contributed by atoms with Crippen LogP contribution in [0.3, 0.4) is 0 Å². The van der Waals surface area contributed by atoms with E-state index < -0.39 is 11.3 Å². The molecule has 0 aliphatic rings. The van der Waals surface area contributed by atoms with Crippen LogP contribution in [0, 0.1) is 0 Å². The van der Waals surface area contributed by atoms with E-state index in [1.165, 1.54) is 11.7 Å². The second kappa shape index (κ2) is 7.28. The van der Waals surface area contributed by atoms with Crippen molar-refractivity contribution in [1.29, 1.82) is 0 Å². The second-order valence-electron chi connectivity index (χ2n) is 5.65. The molecule has 0 radical (unpaired) electrons. The van der Waals surface area contributed by atoms with Crippen molar-refractivity contribution in [3.63, 3.8) is 0 Å². The Morgan fingerprint density at radius 3 is 2.54 bits per heavy atom. The summed E-state index contributed by atoms with van der Waals surface area (Å²) in [6, 6.07) is 12.5. The highest BCUT2D eigenvalue weighted by molar-refractivity contribution is 5.96. The predicted molar refractivity (Wildman–Crippen MR) is 96.1 cm³/mol. The van der Waals surface area contributed by atoms with Gasteiger partial charge in [0.05, 0.1) is 19.7 Å². The maximum absolute atomic E-state index is 12.5. The smallest absolute Gasteiger partial charge is 0.280 e. The van der Waals surface area contributed by atoms with Crippen LogP contribution in [0.15, 0.2) is 53.5 Å². The Labute approximate surface area is 149 Å². The highest BCUT2D eigenvalue weighted by Gasteiger charge is 2.15. The van der Waals surface area contributed by atoms with Gasteiger partial charge in [-0.25, -0.2) is 5.48 Å². The first-order valence-corrected chi connectivity index (χ1v) is 7.86. The Balaban J connectivity index is 2.14. The van der Waals surface area contributed by atoms with Crippen molar-refractivity contribution < 1.29 is 19.5 Å². The van der Waals surface area contributed by atoms with Gasteiger partial charge < -0.3 is 14.0 Å². The van der Waals surface area contributed by atoms with Crippen molar-refractivity contribution in [2.45, 2.75) is 6.54 Å². The van der Waals surface area contributed by atoms with E-state index in [4.69, 9.17) is 14.7 Å². The molecule has 0 aliphatic heterocycles. The number of pyridine rings is 1. The van der Waals surface area contributed by atoms with Crippen molar-refractivity contribution in [1.82, 2.24) is 10.0 Å². The van der Waals surface area contributed by atoms with E-state index in [9.17, 15) is 9.59 Å². The summed E-state index contributed by atoms with van der Waals surface area (Å²) in [5, 5.41) is 9.31. The molecule has 7 nitrogen and oxygen atoms in total. The molecular weight excluding hydrogens is 336 g/mol. The molecular formula is C19H18N2O5. The topological polar surface area (TPSA) is 89.8 Å². The van der Waals surface area contributed by atoms with E-state index in [1.54, 1.807) is 43.1 Å². The quantitative estimate of drug-likeness (QED) is 0.541.